The van der Waals surface area contributed by atoms with E-state index in [1.165, 1.54) is 12.1 Å². The van der Waals surface area contributed by atoms with Crippen molar-refractivity contribution in [3.63, 3.8) is 0 Å². The van der Waals surface area contributed by atoms with Gasteiger partial charge in [0.25, 0.3) is 5.89 Å². The van der Waals surface area contributed by atoms with Crippen LogP contribution in [-0.4, -0.2) is 38.7 Å². The number of nitrogens with one attached hydrogen (secondary N) is 1. The van der Waals surface area contributed by atoms with E-state index < -0.39 is 6.04 Å². The highest BCUT2D eigenvalue weighted by atomic mass is 19.1. The van der Waals surface area contributed by atoms with E-state index in [4.69, 9.17) is 4.42 Å². The maximum absolute atomic E-state index is 13.6. The summed E-state index contributed by atoms with van der Waals surface area (Å²) in [4.78, 5) is 14.4. The summed E-state index contributed by atoms with van der Waals surface area (Å²) in [5.74, 6) is 0.318. The Morgan fingerprint density at radius 2 is 2.15 bits per heavy atom. The van der Waals surface area contributed by atoms with Crippen molar-refractivity contribution in [1.29, 1.82) is 0 Å². The lowest BCUT2D eigenvalue weighted by molar-refractivity contribution is -0.129. The van der Waals surface area contributed by atoms with Gasteiger partial charge in [0, 0.05) is 25.8 Å². The van der Waals surface area contributed by atoms with Crippen molar-refractivity contribution in [1.82, 2.24) is 25.0 Å². The Hall–Kier alpha value is -3.00. The van der Waals surface area contributed by atoms with E-state index in [1.807, 2.05) is 35.6 Å². The zero-order valence-electron chi connectivity index (χ0n) is 15.1. The van der Waals surface area contributed by atoms with E-state index in [9.17, 15) is 9.18 Å². The minimum absolute atomic E-state index is 0.162. The largest absolute Gasteiger partial charge is 0.418 e. The van der Waals surface area contributed by atoms with Crippen LogP contribution in [0.3, 0.4) is 0 Å². The number of amides is 1. The van der Waals surface area contributed by atoms with E-state index in [2.05, 4.69) is 15.5 Å². The molecule has 0 aliphatic carbocycles. The normalized spacial score (nSPS) is 17.9. The van der Waals surface area contributed by atoms with Crippen LogP contribution < -0.4 is 5.32 Å². The van der Waals surface area contributed by atoms with Crippen LogP contribution >= 0.6 is 0 Å². The highest BCUT2D eigenvalue weighted by molar-refractivity contribution is 5.83. The summed E-state index contributed by atoms with van der Waals surface area (Å²) in [7, 11) is 1.93. The quantitative estimate of drug-likeness (QED) is 0.763. The summed E-state index contributed by atoms with van der Waals surface area (Å²) in [6, 6.07) is 9.41. The van der Waals surface area contributed by atoms with Crippen LogP contribution in [0.1, 0.15) is 23.2 Å². The van der Waals surface area contributed by atoms with E-state index in [1.54, 1.807) is 12.1 Å². The highest BCUT2D eigenvalue weighted by Crippen LogP contribution is 2.26. The van der Waals surface area contributed by atoms with Gasteiger partial charge in [-0.25, -0.2) is 4.39 Å². The van der Waals surface area contributed by atoms with Crippen LogP contribution in [0.15, 0.2) is 40.8 Å². The molecular formula is C19H20FN5O2. The van der Waals surface area contributed by atoms with Crippen LogP contribution in [0, 0.1) is 12.7 Å². The highest BCUT2D eigenvalue weighted by Gasteiger charge is 2.32. The Kier molecular flexibility index (Phi) is 4.49. The third kappa shape index (κ3) is 3.35. The minimum atomic E-state index is -0.595. The van der Waals surface area contributed by atoms with Gasteiger partial charge in [0.2, 0.25) is 11.8 Å². The van der Waals surface area contributed by atoms with Gasteiger partial charge in [0.1, 0.15) is 17.6 Å². The molecule has 7 nitrogen and oxygen atoms in total. The first kappa shape index (κ1) is 17.4. The number of halogens is 1. The number of rotatable bonds is 4. The first-order valence-electron chi connectivity index (χ1n) is 8.75. The number of benzene rings is 1. The molecule has 0 unspecified atom stereocenters. The molecule has 0 saturated carbocycles. The number of hydrogen-bond donors (Lipinski definition) is 1. The van der Waals surface area contributed by atoms with Gasteiger partial charge >= 0.3 is 0 Å². The van der Waals surface area contributed by atoms with Crippen LogP contribution in [-0.2, 0) is 18.4 Å². The van der Waals surface area contributed by atoms with Crippen molar-refractivity contribution in [3.8, 4) is 11.6 Å². The molecule has 0 bridgehead atoms. The number of nitrogens with zero attached hydrogens (tertiary/aromatic N) is 4. The molecule has 1 aliphatic rings. The van der Waals surface area contributed by atoms with E-state index in [-0.39, 0.29) is 11.7 Å². The molecule has 8 heteroatoms. The van der Waals surface area contributed by atoms with Gasteiger partial charge in [-0.2, -0.15) is 0 Å². The van der Waals surface area contributed by atoms with E-state index in [0.717, 1.165) is 11.4 Å². The smallest absolute Gasteiger partial charge is 0.264 e. The van der Waals surface area contributed by atoms with Crippen LogP contribution in [0.25, 0.3) is 11.6 Å². The predicted molar refractivity (Wildman–Crippen MR) is 96.0 cm³/mol. The van der Waals surface area contributed by atoms with Crippen molar-refractivity contribution in [3.05, 3.63) is 59.4 Å². The molecule has 1 fully saturated rings. The lowest BCUT2D eigenvalue weighted by atomic mass is 10.0. The maximum Gasteiger partial charge on any atom is 0.264 e. The van der Waals surface area contributed by atoms with Gasteiger partial charge in [-0.3, -0.25) is 9.69 Å². The van der Waals surface area contributed by atoms with Gasteiger partial charge in [-0.05, 0) is 36.8 Å². The molecular weight excluding hydrogens is 349 g/mol. The third-order valence-corrected chi connectivity index (χ3v) is 4.87. The van der Waals surface area contributed by atoms with Crippen molar-refractivity contribution in [2.24, 2.45) is 7.05 Å². The second-order valence-corrected chi connectivity index (χ2v) is 6.64. The summed E-state index contributed by atoms with van der Waals surface area (Å²) < 4.78 is 21.4. The van der Waals surface area contributed by atoms with Gasteiger partial charge < -0.3 is 14.3 Å². The second-order valence-electron chi connectivity index (χ2n) is 6.64. The Bertz CT molecular complexity index is 980. The Morgan fingerprint density at radius 1 is 1.30 bits per heavy atom. The number of aromatic nitrogens is 3. The number of carbonyl (C=O) groups excluding carboxylic acids is 1. The summed E-state index contributed by atoms with van der Waals surface area (Å²) in [6.07, 6.45) is 0. The third-order valence-electron chi connectivity index (χ3n) is 4.87. The molecule has 1 aliphatic heterocycles. The molecule has 1 saturated heterocycles. The zero-order chi connectivity index (χ0) is 19.0. The molecule has 1 amide bonds. The fraction of sp³-hybridized carbons (Fsp3) is 0.316. The van der Waals surface area contributed by atoms with Gasteiger partial charge in [-0.1, -0.05) is 12.1 Å². The molecule has 4 rings (SSSR count). The molecule has 27 heavy (non-hydrogen) atoms. The summed E-state index contributed by atoms with van der Waals surface area (Å²) >= 11 is 0. The van der Waals surface area contributed by atoms with Gasteiger partial charge in [0.15, 0.2) is 0 Å². The van der Waals surface area contributed by atoms with Crippen LogP contribution in [0.2, 0.25) is 0 Å². The minimum Gasteiger partial charge on any atom is -0.418 e. The van der Waals surface area contributed by atoms with E-state index >= 15 is 0 Å². The second kappa shape index (κ2) is 6.96. The molecule has 3 aromatic rings. The SMILES string of the molecule is Cc1ccc(-c2nnc(CN3CCNC(=O)[C@@H]3c3cccc(F)c3)o2)n1C. The molecule has 1 N–H and O–H groups in total. The fourth-order valence-corrected chi connectivity index (χ4v) is 3.35. The number of carbonyl (C=O) groups is 1. The monoisotopic (exact) mass is 369 g/mol. The summed E-state index contributed by atoms with van der Waals surface area (Å²) in [5, 5.41) is 11.1. The molecule has 1 aromatic carbocycles. The Morgan fingerprint density at radius 3 is 2.89 bits per heavy atom. The molecule has 3 heterocycles. The number of hydrogen-bond acceptors (Lipinski definition) is 5. The first-order valence-corrected chi connectivity index (χ1v) is 8.75. The molecule has 1 atom stereocenters. The number of piperazine rings is 1. The maximum atomic E-state index is 13.6. The van der Waals surface area contributed by atoms with Gasteiger partial charge in [0.05, 0.1) is 6.54 Å². The summed E-state index contributed by atoms with van der Waals surface area (Å²) in [6.45, 7) is 3.43. The van der Waals surface area contributed by atoms with Crippen LogP contribution in [0.5, 0.6) is 0 Å². The first-order chi connectivity index (χ1) is 13.0. The van der Waals surface area contributed by atoms with E-state index in [0.29, 0.717) is 37.0 Å². The predicted octanol–water partition coefficient (Wildman–Crippen LogP) is 2.20. The average Bonchev–Trinajstić information content (AvgIpc) is 3.22. The standard InChI is InChI=1S/C19H20FN5O2/c1-12-6-7-15(24(12)2)19-23-22-16(27-19)11-25-9-8-21-18(26)17(25)13-4-3-5-14(20)10-13/h3-7,10,17H,8-9,11H2,1-2H3,(H,21,26)/t17-/m0/s1. The lowest BCUT2D eigenvalue weighted by Gasteiger charge is -2.34. The average molecular weight is 369 g/mol. The van der Waals surface area contributed by atoms with Gasteiger partial charge in [-0.15, -0.1) is 10.2 Å². The lowest BCUT2D eigenvalue weighted by Crippen LogP contribution is -2.49. The number of aryl methyl sites for hydroxylation is 1. The van der Waals surface area contributed by atoms with Crippen molar-refractivity contribution < 1.29 is 13.6 Å². The molecule has 2 aromatic heterocycles. The van der Waals surface area contributed by atoms with Crippen molar-refractivity contribution in [2.45, 2.75) is 19.5 Å². The topological polar surface area (TPSA) is 76.2 Å². The molecule has 140 valence electrons. The van der Waals surface area contributed by atoms with Crippen molar-refractivity contribution >= 4 is 5.91 Å². The Balaban J connectivity index is 1.59. The van der Waals surface area contributed by atoms with Crippen molar-refractivity contribution in [2.75, 3.05) is 13.1 Å². The fourth-order valence-electron chi connectivity index (χ4n) is 3.35. The summed E-state index contributed by atoms with van der Waals surface area (Å²) in [5.41, 5.74) is 2.53. The molecule has 0 radical (unpaired) electrons. The van der Waals surface area contributed by atoms with Crippen LogP contribution in [0.4, 0.5) is 4.39 Å². The Labute approximate surface area is 155 Å². The zero-order valence-corrected chi connectivity index (χ0v) is 15.1. The molecule has 0 spiro atoms.